The maximum Gasteiger partial charge on any atom is 0.129 e. The van der Waals surface area contributed by atoms with Gasteiger partial charge in [-0.3, -0.25) is 0 Å². The first-order valence-corrected chi connectivity index (χ1v) is 8.22. The van der Waals surface area contributed by atoms with Crippen LogP contribution < -0.4 is 9.47 Å². The molecule has 1 N–H and O–H groups in total. The third-order valence-corrected chi connectivity index (χ3v) is 4.35. The number of benzene rings is 2. The molecule has 110 valence electrons. The minimum atomic E-state index is -0.0537. The number of aliphatic hydroxyl groups excluding tert-OH is 1. The van der Waals surface area contributed by atoms with Crippen molar-refractivity contribution >= 4 is 31.9 Å². The first kappa shape index (κ1) is 14.9. The van der Waals surface area contributed by atoms with E-state index in [2.05, 4.69) is 37.9 Å². The lowest BCUT2D eigenvalue weighted by molar-refractivity contribution is 0.256. The molecule has 5 heteroatoms. The van der Waals surface area contributed by atoms with E-state index in [9.17, 15) is 5.11 Å². The molecule has 1 aliphatic rings. The van der Waals surface area contributed by atoms with E-state index in [1.165, 1.54) is 5.56 Å². The Morgan fingerprint density at radius 1 is 1.10 bits per heavy atom. The molecule has 0 bridgehead atoms. The van der Waals surface area contributed by atoms with Crippen molar-refractivity contribution in [2.24, 2.45) is 0 Å². The summed E-state index contributed by atoms with van der Waals surface area (Å²) in [7, 11) is 0. The molecule has 0 saturated carbocycles. The second kappa shape index (κ2) is 6.38. The van der Waals surface area contributed by atoms with Crippen LogP contribution in [0.1, 0.15) is 16.7 Å². The fraction of sp³-hybridized carbons (Fsp3) is 0.250. The van der Waals surface area contributed by atoms with Crippen LogP contribution in [-0.4, -0.2) is 11.7 Å². The summed E-state index contributed by atoms with van der Waals surface area (Å²) in [5.41, 5.74) is 2.99. The van der Waals surface area contributed by atoms with Crippen LogP contribution in [-0.2, 0) is 19.6 Å². The molecule has 3 nitrogen and oxygen atoms in total. The summed E-state index contributed by atoms with van der Waals surface area (Å²) in [6, 6.07) is 9.72. The quantitative estimate of drug-likeness (QED) is 0.815. The first-order chi connectivity index (χ1) is 10.2. The van der Waals surface area contributed by atoms with Crippen LogP contribution in [0.15, 0.2) is 39.3 Å². The number of aliphatic hydroxyl groups is 1. The van der Waals surface area contributed by atoms with Crippen molar-refractivity contribution in [2.45, 2.75) is 19.6 Å². The lowest BCUT2D eigenvalue weighted by Crippen LogP contribution is -2.01. The van der Waals surface area contributed by atoms with Crippen LogP contribution in [0.25, 0.3) is 0 Å². The molecule has 1 heterocycles. The normalized spacial score (nSPS) is 12.9. The Labute approximate surface area is 140 Å². The smallest absolute Gasteiger partial charge is 0.129 e. The highest BCUT2D eigenvalue weighted by Gasteiger charge is 2.18. The van der Waals surface area contributed by atoms with Gasteiger partial charge in [-0.1, -0.05) is 31.9 Å². The average Bonchev–Trinajstić information content (AvgIpc) is 2.93. The predicted octanol–water partition coefficient (Wildman–Crippen LogP) is 4.22. The Balaban J connectivity index is 1.83. The van der Waals surface area contributed by atoms with Gasteiger partial charge in [0, 0.05) is 26.5 Å². The molecule has 3 rings (SSSR count). The van der Waals surface area contributed by atoms with Crippen LogP contribution in [0.5, 0.6) is 11.5 Å². The molecule has 0 aliphatic carbocycles. The minimum absolute atomic E-state index is 0.0537. The van der Waals surface area contributed by atoms with Crippen LogP contribution in [0.3, 0.4) is 0 Å². The Morgan fingerprint density at radius 2 is 1.90 bits per heavy atom. The number of fused-ring (bicyclic) bond motifs is 1. The van der Waals surface area contributed by atoms with Crippen molar-refractivity contribution in [3.63, 3.8) is 0 Å². The second-order valence-corrected chi connectivity index (χ2v) is 6.68. The van der Waals surface area contributed by atoms with Gasteiger partial charge in [-0.05, 0) is 35.9 Å². The Morgan fingerprint density at radius 3 is 2.71 bits per heavy atom. The van der Waals surface area contributed by atoms with Gasteiger partial charge in [0.25, 0.3) is 0 Å². The topological polar surface area (TPSA) is 38.7 Å². The number of ether oxygens (including phenoxy) is 2. The molecule has 0 amide bonds. The van der Waals surface area contributed by atoms with Gasteiger partial charge in [0.15, 0.2) is 0 Å². The van der Waals surface area contributed by atoms with Gasteiger partial charge in [0.1, 0.15) is 18.1 Å². The van der Waals surface area contributed by atoms with Crippen LogP contribution >= 0.6 is 31.9 Å². The Hall–Kier alpha value is -1.04. The van der Waals surface area contributed by atoms with E-state index in [-0.39, 0.29) is 6.61 Å². The SMILES string of the molecule is OCc1cc(Br)ccc1OCc1cc(Br)cc2c1OCC2. The molecule has 1 aliphatic heterocycles. The van der Waals surface area contributed by atoms with E-state index in [1.807, 2.05) is 24.3 Å². The molecule has 0 radical (unpaired) electrons. The highest BCUT2D eigenvalue weighted by Crippen LogP contribution is 2.34. The number of rotatable bonds is 4. The summed E-state index contributed by atoms with van der Waals surface area (Å²) in [4.78, 5) is 0. The molecule has 2 aromatic carbocycles. The lowest BCUT2D eigenvalue weighted by Gasteiger charge is -2.13. The largest absolute Gasteiger partial charge is 0.493 e. The summed E-state index contributed by atoms with van der Waals surface area (Å²) in [5, 5.41) is 9.41. The molecule has 0 unspecified atom stereocenters. The van der Waals surface area contributed by atoms with Crippen LogP contribution in [0, 0.1) is 0 Å². The zero-order valence-electron chi connectivity index (χ0n) is 11.2. The molecule has 0 saturated heterocycles. The van der Waals surface area contributed by atoms with Gasteiger partial charge in [-0.2, -0.15) is 0 Å². The van der Waals surface area contributed by atoms with E-state index in [4.69, 9.17) is 9.47 Å². The predicted molar refractivity (Wildman–Crippen MR) is 87.7 cm³/mol. The lowest BCUT2D eigenvalue weighted by atomic mass is 10.1. The van der Waals surface area contributed by atoms with Gasteiger partial charge < -0.3 is 14.6 Å². The van der Waals surface area contributed by atoms with E-state index in [1.54, 1.807) is 0 Å². The van der Waals surface area contributed by atoms with Gasteiger partial charge in [0.05, 0.1) is 13.2 Å². The molecule has 2 aromatic rings. The van der Waals surface area contributed by atoms with Gasteiger partial charge in [-0.25, -0.2) is 0 Å². The third-order valence-electron chi connectivity index (χ3n) is 3.40. The molecule has 0 fully saturated rings. The summed E-state index contributed by atoms with van der Waals surface area (Å²) in [5.74, 6) is 1.62. The third kappa shape index (κ3) is 3.25. The average molecular weight is 414 g/mol. The number of hydrogen-bond donors (Lipinski definition) is 1. The highest BCUT2D eigenvalue weighted by molar-refractivity contribution is 9.10. The van der Waals surface area contributed by atoms with Gasteiger partial charge in [-0.15, -0.1) is 0 Å². The second-order valence-electron chi connectivity index (χ2n) is 4.85. The number of hydrogen-bond acceptors (Lipinski definition) is 3. The van der Waals surface area contributed by atoms with Crippen LogP contribution in [0.4, 0.5) is 0 Å². The fourth-order valence-electron chi connectivity index (χ4n) is 2.42. The molecular weight excluding hydrogens is 400 g/mol. The van der Waals surface area contributed by atoms with E-state index in [0.717, 1.165) is 38.8 Å². The maximum atomic E-state index is 9.41. The first-order valence-electron chi connectivity index (χ1n) is 6.63. The van der Waals surface area contributed by atoms with Gasteiger partial charge >= 0.3 is 0 Å². The molecule has 0 spiro atoms. The number of halogens is 2. The maximum absolute atomic E-state index is 9.41. The molecule has 0 aromatic heterocycles. The molecular formula is C16H14Br2O3. The molecule has 21 heavy (non-hydrogen) atoms. The van der Waals surface area contributed by atoms with Crippen molar-refractivity contribution in [3.05, 3.63) is 56.0 Å². The van der Waals surface area contributed by atoms with Crippen LogP contribution in [0.2, 0.25) is 0 Å². The van der Waals surface area contributed by atoms with E-state index in [0.29, 0.717) is 12.4 Å². The zero-order chi connectivity index (χ0) is 14.8. The summed E-state index contributed by atoms with van der Waals surface area (Å²) < 4.78 is 13.5. The minimum Gasteiger partial charge on any atom is -0.493 e. The molecule has 0 atom stereocenters. The zero-order valence-corrected chi connectivity index (χ0v) is 14.4. The van der Waals surface area contributed by atoms with E-state index >= 15 is 0 Å². The van der Waals surface area contributed by atoms with Crippen molar-refractivity contribution < 1.29 is 14.6 Å². The summed E-state index contributed by atoms with van der Waals surface area (Å²) >= 11 is 6.91. The monoisotopic (exact) mass is 412 g/mol. The van der Waals surface area contributed by atoms with Crippen molar-refractivity contribution in [1.29, 1.82) is 0 Å². The van der Waals surface area contributed by atoms with Crippen molar-refractivity contribution in [2.75, 3.05) is 6.61 Å². The van der Waals surface area contributed by atoms with Crippen molar-refractivity contribution in [3.8, 4) is 11.5 Å². The van der Waals surface area contributed by atoms with E-state index < -0.39 is 0 Å². The summed E-state index contributed by atoms with van der Waals surface area (Å²) in [6.07, 6.45) is 0.932. The Bertz CT molecular complexity index is 671. The summed E-state index contributed by atoms with van der Waals surface area (Å²) in [6.45, 7) is 1.08. The standard InChI is InChI=1S/C16H14Br2O3/c17-13-1-2-15(11(6-13)8-19)21-9-12-7-14(18)5-10-3-4-20-16(10)12/h1-2,5-7,19H,3-4,8-9H2. The Kier molecular flexibility index (Phi) is 4.52. The highest BCUT2D eigenvalue weighted by atomic mass is 79.9. The van der Waals surface area contributed by atoms with Crippen molar-refractivity contribution in [1.82, 2.24) is 0 Å². The van der Waals surface area contributed by atoms with Gasteiger partial charge in [0.2, 0.25) is 0 Å². The fourth-order valence-corrected chi connectivity index (χ4v) is 3.38.